The molecular formula is C16H14F2O2. The van der Waals surface area contributed by atoms with Crippen molar-refractivity contribution >= 4 is 5.78 Å². The van der Waals surface area contributed by atoms with E-state index in [1.165, 1.54) is 48.5 Å². The first-order chi connectivity index (χ1) is 9.49. The number of carbonyl (C=O) groups excluding carboxylic acids is 1. The van der Waals surface area contributed by atoms with Crippen molar-refractivity contribution in [3.05, 3.63) is 71.3 Å². The Hall–Kier alpha value is -2.07. The van der Waals surface area contributed by atoms with E-state index < -0.39 is 23.7 Å². The maximum absolute atomic E-state index is 12.8. The third-order valence-corrected chi connectivity index (χ3v) is 3.23. The third-order valence-electron chi connectivity index (χ3n) is 3.23. The fourth-order valence-electron chi connectivity index (χ4n) is 1.97. The summed E-state index contributed by atoms with van der Waals surface area (Å²) in [7, 11) is 0. The molecule has 104 valence electrons. The van der Waals surface area contributed by atoms with Gasteiger partial charge in [0.15, 0.2) is 5.78 Å². The second-order valence-electron chi connectivity index (χ2n) is 4.66. The molecule has 0 aliphatic heterocycles. The van der Waals surface area contributed by atoms with Crippen molar-refractivity contribution in [1.82, 2.24) is 0 Å². The van der Waals surface area contributed by atoms with Gasteiger partial charge in [0.1, 0.15) is 11.6 Å². The van der Waals surface area contributed by atoms with Crippen molar-refractivity contribution < 1.29 is 18.7 Å². The van der Waals surface area contributed by atoms with Crippen molar-refractivity contribution in [3.8, 4) is 0 Å². The second kappa shape index (κ2) is 5.92. The van der Waals surface area contributed by atoms with Gasteiger partial charge in [-0.25, -0.2) is 8.78 Å². The van der Waals surface area contributed by atoms with E-state index in [0.29, 0.717) is 11.1 Å². The monoisotopic (exact) mass is 276 g/mol. The molecule has 0 aromatic heterocycles. The molecule has 0 fully saturated rings. The van der Waals surface area contributed by atoms with Crippen molar-refractivity contribution in [3.63, 3.8) is 0 Å². The molecule has 2 nitrogen and oxygen atoms in total. The van der Waals surface area contributed by atoms with Crippen LogP contribution < -0.4 is 0 Å². The number of hydrogen-bond donors (Lipinski definition) is 1. The third kappa shape index (κ3) is 3.08. The Morgan fingerprint density at radius 2 is 1.40 bits per heavy atom. The van der Waals surface area contributed by atoms with Crippen LogP contribution in [0.15, 0.2) is 48.5 Å². The van der Waals surface area contributed by atoms with E-state index in [4.69, 9.17) is 0 Å². The SMILES string of the molecule is CC(C(=O)c1ccc(F)cc1)C(O)c1ccc(F)cc1. The van der Waals surface area contributed by atoms with Crippen molar-refractivity contribution in [2.45, 2.75) is 13.0 Å². The Morgan fingerprint density at radius 1 is 0.950 bits per heavy atom. The first-order valence-electron chi connectivity index (χ1n) is 6.22. The summed E-state index contributed by atoms with van der Waals surface area (Å²) in [5.41, 5.74) is 0.800. The van der Waals surface area contributed by atoms with Gasteiger partial charge in [0, 0.05) is 11.5 Å². The van der Waals surface area contributed by atoms with Gasteiger partial charge in [-0.15, -0.1) is 0 Å². The molecule has 0 aliphatic rings. The second-order valence-corrected chi connectivity index (χ2v) is 4.66. The summed E-state index contributed by atoms with van der Waals surface area (Å²) in [5.74, 6) is -1.82. The van der Waals surface area contributed by atoms with Crippen LogP contribution in [0.1, 0.15) is 28.9 Å². The van der Waals surface area contributed by atoms with Gasteiger partial charge in [0.2, 0.25) is 0 Å². The fourth-order valence-corrected chi connectivity index (χ4v) is 1.97. The molecular weight excluding hydrogens is 262 g/mol. The highest BCUT2D eigenvalue weighted by molar-refractivity contribution is 5.98. The lowest BCUT2D eigenvalue weighted by Gasteiger charge is -2.18. The minimum Gasteiger partial charge on any atom is -0.388 e. The van der Waals surface area contributed by atoms with E-state index in [1.807, 2.05) is 0 Å². The van der Waals surface area contributed by atoms with Crippen LogP contribution in [0.4, 0.5) is 8.78 Å². The molecule has 0 spiro atoms. The van der Waals surface area contributed by atoms with Gasteiger partial charge in [-0.3, -0.25) is 4.79 Å². The maximum atomic E-state index is 12.8. The first kappa shape index (κ1) is 14.3. The van der Waals surface area contributed by atoms with Gasteiger partial charge >= 0.3 is 0 Å². The van der Waals surface area contributed by atoms with E-state index in [1.54, 1.807) is 6.92 Å². The minimum atomic E-state index is -1.03. The normalized spacial score (nSPS) is 13.8. The number of aliphatic hydroxyl groups is 1. The van der Waals surface area contributed by atoms with Crippen LogP contribution in [0.2, 0.25) is 0 Å². The average molecular weight is 276 g/mol. The van der Waals surface area contributed by atoms with Crippen molar-refractivity contribution in [2.24, 2.45) is 5.92 Å². The predicted octanol–water partition coefficient (Wildman–Crippen LogP) is 3.52. The maximum Gasteiger partial charge on any atom is 0.168 e. The zero-order valence-corrected chi connectivity index (χ0v) is 10.9. The van der Waals surface area contributed by atoms with Crippen LogP contribution in [-0.4, -0.2) is 10.9 Å². The largest absolute Gasteiger partial charge is 0.388 e. The van der Waals surface area contributed by atoms with E-state index in [9.17, 15) is 18.7 Å². The molecule has 0 bridgehead atoms. The number of rotatable bonds is 4. The summed E-state index contributed by atoms with van der Waals surface area (Å²) in [5, 5.41) is 10.1. The number of benzene rings is 2. The number of aliphatic hydroxyl groups excluding tert-OH is 1. The zero-order valence-electron chi connectivity index (χ0n) is 10.9. The molecule has 20 heavy (non-hydrogen) atoms. The summed E-state index contributed by atoms with van der Waals surface area (Å²) < 4.78 is 25.6. The Balaban J connectivity index is 2.17. The Morgan fingerprint density at radius 3 is 1.90 bits per heavy atom. The van der Waals surface area contributed by atoms with Gasteiger partial charge in [0.05, 0.1) is 6.10 Å². The standard InChI is InChI=1S/C16H14F2O2/c1-10(15(19)11-2-6-13(17)7-3-11)16(20)12-4-8-14(18)9-5-12/h2-10,15,19H,1H3. The molecule has 0 amide bonds. The highest BCUT2D eigenvalue weighted by Crippen LogP contribution is 2.25. The average Bonchev–Trinajstić information content (AvgIpc) is 2.46. The predicted molar refractivity (Wildman–Crippen MR) is 71.3 cm³/mol. The Labute approximate surface area is 115 Å². The molecule has 2 unspecified atom stereocenters. The smallest absolute Gasteiger partial charge is 0.168 e. The van der Waals surface area contributed by atoms with E-state index in [2.05, 4.69) is 0 Å². The lowest BCUT2D eigenvalue weighted by Crippen LogP contribution is -2.19. The molecule has 0 aliphatic carbocycles. The van der Waals surface area contributed by atoms with E-state index >= 15 is 0 Å². The van der Waals surface area contributed by atoms with Crippen LogP contribution in [0.3, 0.4) is 0 Å². The highest BCUT2D eigenvalue weighted by atomic mass is 19.1. The summed E-state index contributed by atoms with van der Waals surface area (Å²) in [6, 6.07) is 10.5. The molecule has 4 heteroatoms. The van der Waals surface area contributed by atoms with E-state index in [0.717, 1.165) is 0 Å². The molecule has 2 aromatic rings. The summed E-state index contributed by atoms with van der Waals surface area (Å²) in [4.78, 5) is 12.2. The lowest BCUT2D eigenvalue weighted by molar-refractivity contribution is 0.0713. The summed E-state index contributed by atoms with van der Waals surface area (Å²) >= 11 is 0. The Bertz CT molecular complexity index is 591. The molecule has 2 aromatic carbocycles. The minimum absolute atomic E-state index is 0.290. The van der Waals surface area contributed by atoms with Crippen LogP contribution in [0, 0.1) is 17.6 Å². The molecule has 0 saturated heterocycles. The number of ketones is 1. The lowest BCUT2D eigenvalue weighted by atomic mass is 9.90. The Kier molecular flexibility index (Phi) is 4.25. The number of halogens is 2. The van der Waals surface area contributed by atoms with Gasteiger partial charge in [-0.05, 0) is 42.0 Å². The molecule has 2 rings (SSSR count). The van der Waals surface area contributed by atoms with Gasteiger partial charge in [-0.2, -0.15) is 0 Å². The van der Waals surface area contributed by atoms with Gasteiger partial charge in [0.25, 0.3) is 0 Å². The van der Waals surface area contributed by atoms with Crippen molar-refractivity contribution in [2.75, 3.05) is 0 Å². The molecule has 2 atom stereocenters. The van der Waals surface area contributed by atoms with Crippen molar-refractivity contribution in [1.29, 1.82) is 0 Å². The molecule has 0 saturated carbocycles. The molecule has 0 heterocycles. The topological polar surface area (TPSA) is 37.3 Å². The fraction of sp³-hybridized carbons (Fsp3) is 0.188. The quantitative estimate of drug-likeness (QED) is 0.868. The number of Topliss-reactive ketones (excluding diaryl/α,β-unsaturated/α-hetero) is 1. The molecule has 1 N–H and O–H groups in total. The number of hydrogen-bond acceptors (Lipinski definition) is 2. The number of carbonyl (C=O) groups is 1. The first-order valence-corrected chi connectivity index (χ1v) is 6.22. The van der Waals surface area contributed by atoms with Crippen LogP contribution >= 0.6 is 0 Å². The zero-order chi connectivity index (χ0) is 14.7. The van der Waals surface area contributed by atoms with Crippen LogP contribution in [0.5, 0.6) is 0 Å². The van der Waals surface area contributed by atoms with Gasteiger partial charge < -0.3 is 5.11 Å². The summed E-state index contributed by atoms with van der Waals surface area (Å²) in [6.45, 7) is 1.58. The highest BCUT2D eigenvalue weighted by Gasteiger charge is 2.24. The summed E-state index contributed by atoms with van der Waals surface area (Å²) in [6.07, 6.45) is -1.03. The van der Waals surface area contributed by atoms with Gasteiger partial charge in [-0.1, -0.05) is 19.1 Å². The molecule has 0 radical (unpaired) electrons. The van der Waals surface area contributed by atoms with Crippen LogP contribution in [-0.2, 0) is 0 Å². The van der Waals surface area contributed by atoms with Crippen LogP contribution in [0.25, 0.3) is 0 Å². The van der Waals surface area contributed by atoms with E-state index in [-0.39, 0.29) is 5.78 Å².